The van der Waals surface area contributed by atoms with Crippen molar-refractivity contribution >= 4 is 77.6 Å². The third-order valence-corrected chi connectivity index (χ3v) is 12.1. The molecule has 1 atom stereocenters. The average Bonchev–Trinajstić information content (AvgIpc) is 3.89. The number of amides is 4. The molecule has 1 aliphatic rings. The second kappa shape index (κ2) is 23.0. The second-order valence-electron chi connectivity index (χ2n) is 14.6. The Bertz CT molecular complexity index is 2760. The van der Waals surface area contributed by atoms with Gasteiger partial charge in [0.25, 0.3) is 0 Å². The molecule has 0 aliphatic carbocycles. The lowest BCUT2D eigenvalue weighted by Gasteiger charge is -2.26. The Kier molecular flexibility index (Phi) is 17.0. The van der Waals surface area contributed by atoms with E-state index in [1.165, 1.54) is 48.5 Å². The van der Waals surface area contributed by atoms with E-state index in [2.05, 4.69) is 56.7 Å². The molecule has 2 aromatic heterocycles. The van der Waals surface area contributed by atoms with Gasteiger partial charge in [-0.1, -0.05) is 0 Å². The number of anilines is 4. The van der Waals surface area contributed by atoms with E-state index in [-0.39, 0.29) is 45.8 Å². The van der Waals surface area contributed by atoms with Crippen LogP contribution in [0.15, 0.2) is 94.7 Å². The molecule has 9 N–H and O–H groups in total. The van der Waals surface area contributed by atoms with Gasteiger partial charge in [0.15, 0.2) is 0 Å². The van der Waals surface area contributed by atoms with Crippen molar-refractivity contribution in [2.75, 3.05) is 94.1 Å². The van der Waals surface area contributed by atoms with Crippen molar-refractivity contribution in [2.24, 2.45) is 0 Å². The summed E-state index contributed by atoms with van der Waals surface area (Å²) in [6.07, 6.45) is 0. The number of aliphatic hydroxyl groups is 1. The number of aromatic amines is 2. The Morgan fingerprint density at radius 3 is 1.77 bits per heavy atom. The molecule has 66 heavy (non-hydrogen) atoms. The molecule has 1 fully saturated rings. The number of benzene rings is 4. The van der Waals surface area contributed by atoms with Crippen molar-refractivity contribution in [3.8, 4) is 11.5 Å². The van der Waals surface area contributed by atoms with Crippen LogP contribution in [0.1, 0.15) is 13.8 Å². The standard InChI is InChI=1S/C23H30N6O6S.C19H23N5O5S/c1-16(15-30)25-17-2-5-19(6-3-17)36(32,33)35-18-4-7-20-21(14-18)27-22(26-20)28-23(31)24-8-9-29-10-12-34-13-11-29;1-3-20-19(25)24-18-22-16-9-6-14(12-17(16)23-18)29-30(26,27)15-7-4-13(5-8-15)21-10-11-28-2/h2-7,14,16,25,30H,8-13,15H2,1H3,(H3,24,26,27,28,31);4-9,12,21H,3,10-11H2,1-2H3,(H3,20,22,23,24,25). The molecule has 7 rings (SSSR count). The fourth-order valence-electron chi connectivity index (χ4n) is 6.25. The lowest BCUT2D eigenvalue weighted by atomic mass is 10.3. The number of fused-ring (bicyclic) bond motifs is 2. The normalized spacial score (nSPS) is 13.5. The Hall–Kier alpha value is -6.70. The van der Waals surface area contributed by atoms with Gasteiger partial charge >= 0.3 is 32.3 Å². The summed E-state index contributed by atoms with van der Waals surface area (Å²) in [7, 11) is -6.47. The van der Waals surface area contributed by atoms with Gasteiger partial charge in [-0.25, -0.2) is 19.6 Å². The molecule has 1 unspecified atom stereocenters. The van der Waals surface area contributed by atoms with Gasteiger partial charge in [-0.15, -0.1) is 0 Å². The molecule has 1 saturated heterocycles. The minimum atomic E-state index is -4.07. The van der Waals surface area contributed by atoms with E-state index in [0.717, 1.165) is 25.3 Å². The van der Waals surface area contributed by atoms with Gasteiger partial charge in [0.1, 0.15) is 21.3 Å². The maximum atomic E-state index is 12.7. The van der Waals surface area contributed by atoms with E-state index in [1.54, 1.807) is 57.4 Å². The highest BCUT2D eigenvalue weighted by molar-refractivity contribution is 7.87. The van der Waals surface area contributed by atoms with Crippen LogP contribution in [0.25, 0.3) is 22.1 Å². The third kappa shape index (κ3) is 14.1. The monoisotopic (exact) mass is 951 g/mol. The summed E-state index contributed by atoms with van der Waals surface area (Å²) in [5, 5.41) is 25.9. The van der Waals surface area contributed by atoms with E-state index in [1.807, 2.05) is 0 Å². The predicted molar refractivity (Wildman–Crippen MR) is 248 cm³/mol. The lowest BCUT2D eigenvalue weighted by molar-refractivity contribution is 0.0388. The molecule has 6 aromatic rings. The Labute approximate surface area is 381 Å². The zero-order chi connectivity index (χ0) is 47.1. The highest BCUT2D eigenvalue weighted by Gasteiger charge is 2.20. The first-order valence-corrected chi connectivity index (χ1v) is 23.6. The van der Waals surface area contributed by atoms with Gasteiger partial charge in [-0.05, 0) is 86.6 Å². The minimum Gasteiger partial charge on any atom is -0.394 e. The van der Waals surface area contributed by atoms with E-state index >= 15 is 0 Å². The maximum absolute atomic E-state index is 12.7. The first kappa shape index (κ1) is 48.7. The zero-order valence-corrected chi connectivity index (χ0v) is 38.1. The zero-order valence-electron chi connectivity index (χ0n) is 36.4. The number of nitrogens with zero attached hydrogens (tertiary/aromatic N) is 3. The number of hydrogen-bond acceptors (Lipinski definition) is 16. The molecule has 354 valence electrons. The number of methoxy groups -OCH3 is 1. The van der Waals surface area contributed by atoms with Crippen molar-refractivity contribution in [3.05, 3.63) is 84.9 Å². The predicted octanol–water partition coefficient (Wildman–Crippen LogP) is 4.11. The van der Waals surface area contributed by atoms with Crippen LogP contribution in [0.5, 0.6) is 11.5 Å². The number of aliphatic hydroxyl groups excluding tert-OH is 1. The second-order valence-corrected chi connectivity index (χ2v) is 17.7. The molecule has 4 amide bonds. The lowest BCUT2D eigenvalue weighted by Crippen LogP contribution is -2.42. The molecular formula is C42H53N11O11S2. The molecule has 0 spiro atoms. The molecular weight excluding hydrogens is 899 g/mol. The highest BCUT2D eigenvalue weighted by Crippen LogP contribution is 2.26. The van der Waals surface area contributed by atoms with Crippen molar-refractivity contribution in [2.45, 2.75) is 29.7 Å². The van der Waals surface area contributed by atoms with E-state index in [0.29, 0.717) is 67.2 Å². The highest BCUT2D eigenvalue weighted by atomic mass is 32.2. The Morgan fingerprint density at radius 2 is 1.27 bits per heavy atom. The summed E-state index contributed by atoms with van der Waals surface area (Å²) in [6.45, 7) is 9.50. The number of rotatable bonds is 19. The smallest absolute Gasteiger partial charge is 0.339 e. The van der Waals surface area contributed by atoms with Gasteiger partial charge in [0.05, 0.1) is 48.5 Å². The van der Waals surface area contributed by atoms with E-state index in [9.17, 15) is 26.4 Å². The van der Waals surface area contributed by atoms with Crippen molar-refractivity contribution < 1.29 is 49.4 Å². The summed E-state index contributed by atoms with van der Waals surface area (Å²) in [4.78, 5) is 40.4. The van der Waals surface area contributed by atoms with Gasteiger partial charge in [-0.3, -0.25) is 15.5 Å². The molecule has 3 heterocycles. The third-order valence-electron chi connectivity index (χ3n) is 9.55. The quantitative estimate of drug-likeness (QED) is 0.0408. The fraction of sp³-hybridized carbons (Fsp3) is 0.333. The Morgan fingerprint density at radius 1 is 0.758 bits per heavy atom. The van der Waals surface area contributed by atoms with Gasteiger partial charge < -0.3 is 54.2 Å². The van der Waals surface area contributed by atoms with Crippen LogP contribution in [-0.4, -0.2) is 138 Å². The molecule has 0 bridgehead atoms. The Balaban J connectivity index is 0.000000222. The topological polar surface area (TPSA) is 292 Å². The number of aromatic nitrogens is 4. The molecule has 24 heteroatoms. The van der Waals surface area contributed by atoms with Crippen LogP contribution < -0.4 is 40.3 Å². The molecule has 1 aliphatic heterocycles. The SMILES string of the molecule is CC(CO)Nc1ccc(S(=O)(=O)Oc2ccc3nc(NC(=O)NCCN4CCOCC4)[nH]c3c2)cc1.CCNC(=O)Nc1nc2ccc(OS(=O)(=O)c3ccc(NCCOC)cc3)cc2[nH]1. The van der Waals surface area contributed by atoms with Gasteiger partial charge in [-0.2, -0.15) is 16.8 Å². The van der Waals surface area contributed by atoms with Crippen LogP contribution >= 0.6 is 0 Å². The van der Waals surface area contributed by atoms with Crippen LogP contribution in [0.3, 0.4) is 0 Å². The van der Waals surface area contributed by atoms with Crippen LogP contribution in [0, 0.1) is 0 Å². The first-order valence-electron chi connectivity index (χ1n) is 20.8. The molecule has 4 aromatic carbocycles. The molecule has 0 radical (unpaired) electrons. The summed E-state index contributed by atoms with van der Waals surface area (Å²) >= 11 is 0. The molecule has 0 saturated carbocycles. The fourth-order valence-corrected chi connectivity index (χ4v) is 8.10. The van der Waals surface area contributed by atoms with Crippen LogP contribution in [-0.2, 0) is 29.7 Å². The summed E-state index contributed by atoms with van der Waals surface area (Å²) in [5.41, 5.74) is 3.57. The minimum absolute atomic E-state index is 0.00878. The number of hydrogen-bond donors (Lipinski definition) is 9. The maximum Gasteiger partial charge on any atom is 0.339 e. The number of carbonyl (C=O) groups is 2. The number of urea groups is 2. The number of morpholine rings is 1. The van der Waals surface area contributed by atoms with Crippen molar-refractivity contribution in [1.82, 2.24) is 35.5 Å². The van der Waals surface area contributed by atoms with E-state index in [4.69, 9.17) is 22.9 Å². The number of H-pyrrole nitrogens is 2. The average molecular weight is 952 g/mol. The molecule has 22 nitrogen and oxygen atoms in total. The van der Waals surface area contributed by atoms with Crippen LogP contribution in [0.4, 0.5) is 32.9 Å². The van der Waals surface area contributed by atoms with Crippen molar-refractivity contribution in [3.63, 3.8) is 0 Å². The van der Waals surface area contributed by atoms with Crippen LogP contribution in [0.2, 0.25) is 0 Å². The largest absolute Gasteiger partial charge is 0.394 e. The summed E-state index contributed by atoms with van der Waals surface area (Å²) < 4.78 is 71.4. The first-order chi connectivity index (χ1) is 31.7. The summed E-state index contributed by atoms with van der Waals surface area (Å²) in [5.74, 6) is 0.698. The summed E-state index contributed by atoms with van der Waals surface area (Å²) in [6, 6.07) is 20.5. The number of nitrogens with one attached hydrogen (secondary N) is 8. The number of ether oxygens (including phenoxy) is 2. The van der Waals surface area contributed by atoms with Gasteiger partial charge in [0.2, 0.25) is 11.9 Å². The number of carbonyl (C=O) groups excluding carboxylic acids is 2. The number of imidazole rings is 2. The van der Waals surface area contributed by atoms with E-state index < -0.39 is 32.3 Å². The van der Waals surface area contributed by atoms with Crippen molar-refractivity contribution in [1.29, 1.82) is 0 Å². The van der Waals surface area contributed by atoms with Gasteiger partial charge in [0, 0.05) is 75.9 Å².